The summed E-state index contributed by atoms with van der Waals surface area (Å²) in [5, 5.41) is 0. The van der Waals surface area contributed by atoms with Gasteiger partial charge in [-0.25, -0.2) is 9.19 Å². The van der Waals surface area contributed by atoms with E-state index in [1.54, 1.807) is 6.07 Å². The molecule has 4 rings (SSSR count). The third-order valence-corrected chi connectivity index (χ3v) is 7.68. The number of hydrogen-bond donors (Lipinski definition) is 0. The zero-order chi connectivity index (χ0) is 23.8. The summed E-state index contributed by atoms with van der Waals surface area (Å²) in [6, 6.07) is 9.66. The third-order valence-electron chi connectivity index (χ3n) is 6.05. The first kappa shape index (κ1) is 23.5. The van der Waals surface area contributed by atoms with Gasteiger partial charge in [-0.3, -0.25) is 9.69 Å². The molecule has 0 N–H and O–H groups in total. The summed E-state index contributed by atoms with van der Waals surface area (Å²) >= 11 is 0. The van der Waals surface area contributed by atoms with Gasteiger partial charge in [-0.05, 0) is 36.2 Å². The molecule has 2 atom stereocenters. The molecule has 7 nitrogen and oxygen atoms in total. The van der Waals surface area contributed by atoms with Crippen LogP contribution in [0.3, 0.4) is 0 Å². The predicted octanol–water partition coefficient (Wildman–Crippen LogP) is 3.45. The van der Waals surface area contributed by atoms with Crippen LogP contribution in [0.4, 0.5) is 19.0 Å². The van der Waals surface area contributed by atoms with E-state index < -0.39 is 21.8 Å². The van der Waals surface area contributed by atoms with Gasteiger partial charge in [0.25, 0.3) is 0 Å². The molecule has 1 fully saturated rings. The van der Waals surface area contributed by atoms with E-state index in [0.717, 1.165) is 51.2 Å². The van der Waals surface area contributed by atoms with Crippen LogP contribution in [-0.2, 0) is 20.9 Å². The van der Waals surface area contributed by atoms with Crippen molar-refractivity contribution in [3.8, 4) is 5.75 Å². The minimum atomic E-state index is -5.16. The smallest absolute Gasteiger partial charge is 0.474 e. The fraction of sp³-hybridized carbons (Fsp3) is 0.455. The lowest BCUT2D eigenvalue weighted by Gasteiger charge is -2.38. The van der Waals surface area contributed by atoms with E-state index in [4.69, 9.17) is 4.74 Å². The molecule has 11 heteroatoms. The lowest BCUT2D eigenvalue weighted by Crippen LogP contribution is -2.47. The molecule has 0 radical (unpaired) electrons. The van der Waals surface area contributed by atoms with Crippen molar-refractivity contribution in [2.75, 3.05) is 43.9 Å². The van der Waals surface area contributed by atoms with Crippen LogP contribution in [-0.4, -0.2) is 65.2 Å². The van der Waals surface area contributed by atoms with Crippen molar-refractivity contribution in [1.29, 1.82) is 0 Å². The van der Waals surface area contributed by atoms with Gasteiger partial charge in [-0.1, -0.05) is 12.1 Å². The molecule has 0 bridgehead atoms. The van der Waals surface area contributed by atoms with Crippen LogP contribution in [0.15, 0.2) is 45.8 Å². The number of alkyl halides is 3. The Morgan fingerprint density at radius 1 is 1.18 bits per heavy atom. The Hall–Kier alpha value is -2.66. The third kappa shape index (κ3) is 5.14. The molecule has 2 aliphatic rings. The highest BCUT2D eigenvalue weighted by Crippen LogP contribution is 2.31. The maximum absolute atomic E-state index is 12.5. The van der Waals surface area contributed by atoms with Crippen molar-refractivity contribution in [1.82, 2.24) is 9.88 Å². The molecular weight excluding hydrogens is 457 g/mol. The summed E-state index contributed by atoms with van der Waals surface area (Å²) in [5.41, 5.74) is 2.46. The van der Waals surface area contributed by atoms with Gasteiger partial charge in [0.2, 0.25) is 0 Å². The van der Waals surface area contributed by atoms with Gasteiger partial charge in [0.05, 0.1) is 21.2 Å². The number of benzene rings is 1. The predicted molar refractivity (Wildman–Crippen MR) is 118 cm³/mol. The van der Waals surface area contributed by atoms with Gasteiger partial charge >= 0.3 is 12.1 Å². The first-order valence-electron chi connectivity index (χ1n) is 10.6. The standard InChI is InChI=1S/C22H25F3N4O3S/c1-15(17-4-3-16-7-12-32-19(16)13-17)28-8-10-29(11-9-28)20-6-5-18(14-26-20)33(2,31)27-21(30)22(23,24)25/h3-6,13-15H,7-12H2,1-2H3. The van der Waals surface area contributed by atoms with Crippen LogP contribution in [0.25, 0.3) is 0 Å². The van der Waals surface area contributed by atoms with Crippen molar-refractivity contribution >= 4 is 21.5 Å². The Balaban J connectivity index is 1.39. The number of pyridine rings is 1. The molecule has 0 saturated carbocycles. The van der Waals surface area contributed by atoms with Gasteiger partial charge in [-0.2, -0.15) is 13.2 Å². The van der Waals surface area contributed by atoms with E-state index in [1.165, 1.54) is 23.4 Å². The molecule has 33 heavy (non-hydrogen) atoms. The number of carbonyl (C=O) groups is 1. The van der Waals surface area contributed by atoms with Gasteiger partial charge in [0.15, 0.2) is 0 Å². The number of fused-ring (bicyclic) bond motifs is 1. The van der Waals surface area contributed by atoms with Crippen molar-refractivity contribution in [3.05, 3.63) is 47.7 Å². The van der Waals surface area contributed by atoms with E-state index in [0.29, 0.717) is 5.82 Å². The maximum Gasteiger partial charge on any atom is 0.474 e. The fourth-order valence-electron chi connectivity index (χ4n) is 4.04. The number of piperazine rings is 1. The summed E-state index contributed by atoms with van der Waals surface area (Å²) in [6.45, 7) is 5.96. The Bertz CT molecular complexity index is 1150. The number of hydrogen-bond acceptors (Lipinski definition) is 6. The van der Waals surface area contributed by atoms with Crippen LogP contribution < -0.4 is 9.64 Å². The molecule has 2 aliphatic heterocycles. The normalized spacial score (nSPS) is 19.4. The number of rotatable bonds is 4. The highest BCUT2D eigenvalue weighted by molar-refractivity contribution is 7.93. The summed E-state index contributed by atoms with van der Waals surface area (Å²) in [5.74, 6) is -0.757. The van der Waals surface area contributed by atoms with Crippen LogP contribution in [0.2, 0.25) is 0 Å². The second-order valence-corrected chi connectivity index (χ2v) is 10.5. The minimum Gasteiger partial charge on any atom is -0.493 e. The largest absolute Gasteiger partial charge is 0.493 e. The number of nitrogens with zero attached hydrogens (tertiary/aromatic N) is 4. The van der Waals surface area contributed by atoms with E-state index in [-0.39, 0.29) is 10.9 Å². The van der Waals surface area contributed by atoms with E-state index in [9.17, 15) is 22.2 Å². The quantitative estimate of drug-likeness (QED) is 0.665. The van der Waals surface area contributed by atoms with Crippen molar-refractivity contribution < 1.29 is 26.9 Å². The highest BCUT2D eigenvalue weighted by Gasteiger charge is 2.39. The molecule has 2 aromatic rings. The average Bonchev–Trinajstić information content (AvgIpc) is 3.26. The van der Waals surface area contributed by atoms with Crippen LogP contribution >= 0.6 is 0 Å². The summed E-state index contributed by atoms with van der Waals surface area (Å²) in [6.07, 6.45) is -1.98. The van der Waals surface area contributed by atoms with Crippen molar-refractivity contribution in [2.24, 2.45) is 4.36 Å². The minimum absolute atomic E-state index is 0.0186. The molecule has 1 saturated heterocycles. The van der Waals surface area contributed by atoms with Crippen LogP contribution in [0.1, 0.15) is 24.1 Å². The first-order valence-corrected chi connectivity index (χ1v) is 12.5. The zero-order valence-corrected chi connectivity index (χ0v) is 19.2. The lowest BCUT2D eigenvalue weighted by molar-refractivity contribution is -0.169. The molecule has 3 heterocycles. The molecular formula is C22H25F3N4O3S. The fourth-order valence-corrected chi connectivity index (χ4v) is 5.13. The number of amides is 1. The van der Waals surface area contributed by atoms with Gasteiger partial charge in [-0.15, -0.1) is 4.36 Å². The summed E-state index contributed by atoms with van der Waals surface area (Å²) < 4.78 is 58.4. The molecule has 1 aromatic heterocycles. The molecule has 0 spiro atoms. The zero-order valence-electron chi connectivity index (χ0n) is 18.3. The number of aromatic nitrogens is 1. The summed E-state index contributed by atoms with van der Waals surface area (Å²) in [7, 11) is -3.54. The SMILES string of the molecule is CC(c1ccc2c(c1)OCC2)N1CCN(c2ccc(S(C)(=O)=NC(=O)C(F)(F)F)cn2)CC1. The number of carbonyl (C=O) groups excluding carboxylic acids is 1. The Morgan fingerprint density at radius 3 is 2.55 bits per heavy atom. The van der Waals surface area contributed by atoms with Crippen LogP contribution in [0.5, 0.6) is 5.75 Å². The number of halogens is 3. The molecule has 0 aliphatic carbocycles. The van der Waals surface area contributed by atoms with E-state index >= 15 is 0 Å². The van der Waals surface area contributed by atoms with Crippen molar-refractivity contribution in [3.63, 3.8) is 0 Å². The molecule has 178 valence electrons. The van der Waals surface area contributed by atoms with E-state index in [1.807, 2.05) is 0 Å². The Morgan fingerprint density at radius 2 is 1.91 bits per heavy atom. The van der Waals surface area contributed by atoms with Gasteiger partial charge in [0, 0.05) is 51.1 Å². The molecule has 2 unspecified atom stereocenters. The van der Waals surface area contributed by atoms with Crippen LogP contribution in [0, 0.1) is 0 Å². The lowest BCUT2D eigenvalue weighted by atomic mass is 10.0. The second kappa shape index (κ2) is 8.94. The van der Waals surface area contributed by atoms with Gasteiger partial charge < -0.3 is 9.64 Å². The average molecular weight is 483 g/mol. The molecule has 1 aromatic carbocycles. The number of anilines is 1. The van der Waals surface area contributed by atoms with Crippen molar-refractivity contribution in [2.45, 2.75) is 30.5 Å². The molecule has 1 amide bonds. The Kier molecular flexibility index (Phi) is 6.37. The first-order chi connectivity index (χ1) is 15.5. The second-order valence-electron chi connectivity index (χ2n) is 8.21. The van der Waals surface area contributed by atoms with E-state index in [2.05, 4.69) is 44.3 Å². The summed E-state index contributed by atoms with van der Waals surface area (Å²) in [4.78, 5) is 19.8. The Labute approximate surface area is 190 Å². The maximum atomic E-state index is 12.5. The van der Waals surface area contributed by atoms with Gasteiger partial charge in [0.1, 0.15) is 11.6 Å². The number of ether oxygens (including phenoxy) is 1. The highest BCUT2D eigenvalue weighted by atomic mass is 32.2. The monoisotopic (exact) mass is 482 g/mol. The topological polar surface area (TPSA) is 75.1 Å².